The van der Waals surface area contributed by atoms with Crippen LogP contribution >= 0.6 is 0 Å². The summed E-state index contributed by atoms with van der Waals surface area (Å²) in [5.41, 5.74) is 8.45. The van der Waals surface area contributed by atoms with Gasteiger partial charge in [0.1, 0.15) is 29.2 Å². The highest BCUT2D eigenvalue weighted by molar-refractivity contribution is 7.92. The van der Waals surface area contributed by atoms with E-state index in [1.165, 1.54) is 35.1 Å². The number of anilines is 3. The average molecular weight is 595 g/mol. The van der Waals surface area contributed by atoms with Gasteiger partial charge in [-0.05, 0) is 73.2 Å². The second-order valence-electron chi connectivity index (χ2n) is 9.70. The lowest BCUT2D eigenvalue weighted by Gasteiger charge is -2.21. The van der Waals surface area contributed by atoms with Gasteiger partial charge in [-0.25, -0.2) is 22.9 Å². The maximum Gasteiger partial charge on any atom is 0.282 e. The molecule has 0 aliphatic heterocycles. The Kier molecular flexibility index (Phi) is 7.00. The topological polar surface area (TPSA) is 170 Å². The lowest BCUT2D eigenvalue weighted by Crippen LogP contribution is -2.29. The van der Waals surface area contributed by atoms with Gasteiger partial charge in [-0.3, -0.25) is 14.1 Å². The standard InChI is InChI=1S/C30H26N8O4S/c1-19(29-35-37-16-6-11-25(37)30(40)38(29)22-9-3-2-4-10-22)34-28-26(27(31)32-18-33-28)20-7-5-8-21(17-20)36-43(41,42)24-14-12-23(39)13-15-24/h2-19,36,39H,1H3,(H3,31,32,33,34). The Labute approximate surface area is 246 Å². The van der Waals surface area contributed by atoms with Crippen LogP contribution in [0.1, 0.15) is 18.8 Å². The minimum atomic E-state index is -3.93. The second kappa shape index (κ2) is 10.9. The first kappa shape index (κ1) is 27.5. The number of nitrogens with two attached hydrogens (primary N) is 1. The molecular weight excluding hydrogens is 568 g/mol. The first-order chi connectivity index (χ1) is 20.7. The van der Waals surface area contributed by atoms with Gasteiger partial charge in [0, 0.05) is 11.9 Å². The van der Waals surface area contributed by atoms with Crippen molar-refractivity contribution < 1.29 is 13.5 Å². The number of aromatic hydroxyl groups is 1. The zero-order valence-electron chi connectivity index (χ0n) is 22.8. The van der Waals surface area contributed by atoms with Crippen LogP contribution in [0, 0.1) is 0 Å². The molecule has 0 radical (unpaired) electrons. The molecule has 0 aliphatic rings. The molecule has 0 amide bonds. The zero-order valence-corrected chi connectivity index (χ0v) is 23.6. The number of sulfonamides is 1. The first-order valence-electron chi connectivity index (χ1n) is 13.2. The van der Waals surface area contributed by atoms with Crippen LogP contribution in [0.4, 0.5) is 17.3 Å². The van der Waals surface area contributed by atoms with E-state index in [2.05, 4.69) is 20.0 Å². The Morgan fingerprint density at radius 3 is 2.47 bits per heavy atom. The zero-order chi connectivity index (χ0) is 30.1. The van der Waals surface area contributed by atoms with Crippen LogP contribution in [-0.2, 0) is 10.0 Å². The smallest absolute Gasteiger partial charge is 0.282 e. The van der Waals surface area contributed by atoms with Crippen LogP contribution in [0.2, 0.25) is 0 Å². The summed E-state index contributed by atoms with van der Waals surface area (Å²) >= 11 is 0. The van der Waals surface area contributed by atoms with Crippen molar-refractivity contribution in [2.45, 2.75) is 17.9 Å². The molecule has 5 N–H and O–H groups in total. The Morgan fingerprint density at radius 1 is 0.930 bits per heavy atom. The highest BCUT2D eigenvalue weighted by Crippen LogP contribution is 2.34. The molecule has 0 aliphatic carbocycles. The van der Waals surface area contributed by atoms with Crippen molar-refractivity contribution in [3.63, 3.8) is 0 Å². The highest BCUT2D eigenvalue weighted by Gasteiger charge is 2.22. The van der Waals surface area contributed by atoms with Gasteiger partial charge in [0.2, 0.25) is 0 Å². The van der Waals surface area contributed by atoms with Gasteiger partial charge < -0.3 is 16.2 Å². The van der Waals surface area contributed by atoms with Crippen LogP contribution in [0.15, 0.2) is 113 Å². The van der Waals surface area contributed by atoms with Crippen molar-refractivity contribution in [1.82, 2.24) is 24.1 Å². The van der Waals surface area contributed by atoms with E-state index in [4.69, 9.17) is 10.8 Å². The maximum atomic E-state index is 13.5. The van der Waals surface area contributed by atoms with E-state index in [9.17, 15) is 18.3 Å². The number of rotatable bonds is 8. The number of benzene rings is 3. The van der Waals surface area contributed by atoms with Gasteiger partial charge in [0.05, 0.1) is 22.2 Å². The van der Waals surface area contributed by atoms with Crippen LogP contribution in [0.5, 0.6) is 5.75 Å². The summed E-state index contributed by atoms with van der Waals surface area (Å²) in [5, 5.41) is 17.6. The summed E-state index contributed by atoms with van der Waals surface area (Å²) in [4.78, 5) is 22.1. The largest absolute Gasteiger partial charge is 0.508 e. The monoisotopic (exact) mass is 594 g/mol. The molecule has 0 fully saturated rings. The predicted octanol–water partition coefficient (Wildman–Crippen LogP) is 4.20. The molecule has 3 aromatic carbocycles. The molecule has 6 aromatic rings. The quantitative estimate of drug-likeness (QED) is 0.202. The van der Waals surface area contributed by atoms with E-state index in [1.807, 2.05) is 37.3 Å². The van der Waals surface area contributed by atoms with Crippen molar-refractivity contribution in [2.75, 3.05) is 15.8 Å². The van der Waals surface area contributed by atoms with Gasteiger partial charge in [0.25, 0.3) is 15.6 Å². The van der Waals surface area contributed by atoms with Crippen molar-refractivity contribution in [2.24, 2.45) is 0 Å². The molecule has 1 atom stereocenters. The number of nitrogen functional groups attached to an aromatic ring is 1. The molecule has 0 spiro atoms. The van der Waals surface area contributed by atoms with E-state index in [0.29, 0.717) is 34.0 Å². The lowest BCUT2D eigenvalue weighted by atomic mass is 10.1. The molecule has 3 heterocycles. The highest BCUT2D eigenvalue weighted by atomic mass is 32.2. The van der Waals surface area contributed by atoms with E-state index < -0.39 is 16.1 Å². The van der Waals surface area contributed by atoms with Gasteiger partial charge in [-0.15, -0.1) is 0 Å². The molecule has 43 heavy (non-hydrogen) atoms. The Morgan fingerprint density at radius 2 is 1.70 bits per heavy atom. The van der Waals surface area contributed by atoms with E-state index in [0.717, 1.165) is 0 Å². The summed E-state index contributed by atoms with van der Waals surface area (Å²) < 4.78 is 31.6. The van der Waals surface area contributed by atoms with E-state index >= 15 is 0 Å². The molecule has 0 bridgehead atoms. The normalized spacial score (nSPS) is 12.2. The van der Waals surface area contributed by atoms with Crippen molar-refractivity contribution in [3.8, 4) is 22.6 Å². The van der Waals surface area contributed by atoms with E-state index in [-0.39, 0.29) is 27.7 Å². The van der Waals surface area contributed by atoms with Gasteiger partial charge in [-0.2, -0.15) is 5.10 Å². The Bertz CT molecular complexity index is 2110. The van der Waals surface area contributed by atoms with Gasteiger partial charge in [-0.1, -0.05) is 30.3 Å². The number of hydrogen-bond donors (Lipinski definition) is 4. The number of para-hydroxylation sites is 1. The minimum Gasteiger partial charge on any atom is -0.508 e. The lowest BCUT2D eigenvalue weighted by molar-refractivity contribution is 0.475. The fourth-order valence-electron chi connectivity index (χ4n) is 4.75. The Hall–Kier alpha value is -5.69. The average Bonchev–Trinajstić information content (AvgIpc) is 3.47. The molecule has 0 saturated carbocycles. The number of phenols is 1. The summed E-state index contributed by atoms with van der Waals surface area (Å²) in [6, 6.07) is 24.0. The van der Waals surface area contributed by atoms with Crippen molar-refractivity contribution >= 4 is 32.9 Å². The van der Waals surface area contributed by atoms with Crippen LogP contribution in [0.3, 0.4) is 0 Å². The maximum absolute atomic E-state index is 13.5. The molecule has 6 rings (SSSR count). The molecule has 13 heteroatoms. The Balaban J connectivity index is 1.37. The molecule has 0 saturated heterocycles. The fourth-order valence-corrected chi connectivity index (χ4v) is 5.80. The summed E-state index contributed by atoms with van der Waals surface area (Å²) in [6.07, 6.45) is 3.03. The van der Waals surface area contributed by atoms with Crippen molar-refractivity contribution in [1.29, 1.82) is 0 Å². The molecule has 216 valence electrons. The fraction of sp³-hybridized carbons (Fsp3) is 0.0667. The molecule has 12 nitrogen and oxygen atoms in total. The minimum absolute atomic E-state index is 0.00827. The number of nitrogens with zero attached hydrogens (tertiary/aromatic N) is 5. The molecular formula is C30H26N8O4S. The predicted molar refractivity (Wildman–Crippen MR) is 164 cm³/mol. The molecule has 3 aromatic heterocycles. The van der Waals surface area contributed by atoms with Crippen LogP contribution in [0.25, 0.3) is 22.3 Å². The second-order valence-corrected chi connectivity index (χ2v) is 11.4. The van der Waals surface area contributed by atoms with Crippen LogP contribution < -0.4 is 21.3 Å². The van der Waals surface area contributed by atoms with Gasteiger partial charge >= 0.3 is 0 Å². The number of nitrogens with one attached hydrogen (secondary N) is 2. The van der Waals surface area contributed by atoms with E-state index in [1.54, 1.807) is 47.2 Å². The summed E-state index contributed by atoms with van der Waals surface area (Å²) in [6.45, 7) is 1.85. The third-order valence-electron chi connectivity index (χ3n) is 6.77. The van der Waals surface area contributed by atoms with Crippen molar-refractivity contribution in [3.05, 3.63) is 120 Å². The number of hydrogen-bond acceptors (Lipinski definition) is 9. The number of aromatic nitrogens is 5. The number of fused-ring (bicyclic) bond motifs is 1. The first-order valence-corrected chi connectivity index (χ1v) is 14.6. The molecule has 1 unspecified atom stereocenters. The third kappa shape index (κ3) is 5.36. The van der Waals surface area contributed by atoms with Crippen LogP contribution in [-0.4, -0.2) is 37.7 Å². The number of phenolic OH excluding ortho intramolecular Hbond substituents is 1. The summed E-state index contributed by atoms with van der Waals surface area (Å²) in [7, 11) is -3.93. The summed E-state index contributed by atoms with van der Waals surface area (Å²) in [5.74, 6) is 0.912. The third-order valence-corrected chi connectivity index (χ3v) is 8.17. The SMILES string of the molecule is CC(Nc1ncnc(N)c1-c1cccc(NS(=O)(=O)c2ccc(O)cc2)c1)c1nn2cccc2c(=O)n1-c1ccccc1. The van der Waals surface area contributed by atoms with Gasteiger partial charge in [0.15, 0.2) is 5.82 Å².